The second-order valence-corrected chi connectivity index (χ2v) is 5.04. The lowest BCUT2D eigenvalue weighted by atomic mass is 9.80. The maximum absolute atomic E-state index is 10.5. The quantitative estimate of drug-likeness (QED) is 0.800. The maximum atomic E-state index is 10.5. The molecular formula is C14H22O. The lowest BCUT2D eigenvalue weighted by molar-refractivity contribution is 0.00802. The molecule has 1 N–H and O–H groups in total. The zero-order valence-corrected chi connectivity index (χ0v) is 10.4. The van der Waals surface area contributed by atoms with E-state index in [1.807, 2.05) is 25.1 Å². The monoisotopic (exact) mass is 206 g/mol. The van der Waals surface area contributed by atoms with Gasteiger partial charge >= 0.3 is 0 Å². The van der Waals surface area contributed by atoms with Crippen molar-refractivity contribution in [3.8, 4) is 0 Å². The van der Waals surface area contributed by atoms with Gasteiger partial charge < -0.3 is 5.11 Å². The van der Waals surface area contributed by atoms with E-state index in [0.29, 0.717) is 5.92 Å². The van der Waals surface area contributed by atoms with Crippen molar-refractivity contribution in [1.82, 2.24) is 0 Å². The van der Waals surface area contributed by atoms with Crippen molar-refractivity contribution < 1.29 is 5.11 Å². The minimum atomic E-state index is -0.735. The fourth-order valence-corrected chi connectivity index (χ4v) is 1.77. The topological polar surface area (TPSA) is 20.2 Å². The molecule has 84 valence electrons. The first-order valence-electron chi connectivity index (χ1n) is 5.69. The van der Waals surface area contributed by atoms with Crippen LogP contribution in [-0.4, -0.2) is 5.11 Å². The van der Waals surface area contributed by atoms with Gasteiger partial charge in [0.1, 0.15) is 0 Å². The highest BCUT2D eigenvalue weighted by Gasteiger charge is 2.29. The van der Waals surface area contributed by atoms with Gasteiger partial charge in [0.05, 0.1) is 5.60 Å². The van der Waals surface area contributed by atoms with Gasteiger partial charge in [-0.1, -0.05) is 52.0 Å². The van der Waals surface area contributed by atoms with E-state index in [0.717, 1.165) is 5.56 Å². The molecule has 1 aromatic rings. The molecule has 0 bridgehead atoms. The van der Waals surface area contributed by atoms with Crippen LogP contribution in [0.3, 0.4) is 0 Å². The number of rotatable bonds is 3. The van der Waals surface area contributed by atoms with E-state index in [4.69, 9.17) is 0 Å². The summed E-state index contributed by atoms with van der Waals surface area (Å²) in [6.07, 6.45) is 0. The molecule has 0 aromatic heterocycles. The van der Waals surface area contributed by atoms with Crippen LogP contribution in [0.4, 0.5) is 0 Å². The number of hydrogen-bond acceptors (Lipinski definition) is 1. The molecule has 1 atom stereocenters. The lowest BCUT2D eigenvalue weighted by Gasteiger charge is -2.31. The molecule has 0 radical (unpaired) electrons. The van der Waals surface area contributed by atoms with Gasteiger partial charge in [-0.15, -0.1) is 0 Å². The van der Waals surface area contributed by atoms with E-state index in [9.17, 15) is 5.11 Å². The highest BCUT2D eigenvalue weighted by molar-refractivity contribution is 5.34. The first-order valence-corrected chi connectivity index (χ1v) is 5.69. The Labute approximate surface area is 93.1 Å². The van der Waals surface area contributed by atoms with Crippen molar-refractivity contribution >= 4 is 0 Å². The normalized spacial score (nSPS) is 15.7. The van der Waals surface area contributed by atoms with Crippen LogP contribution in [-0.2, 0) is 5.60 Å². The Morgan fingerprint density at radius 2 is 1.60 bits per heavy atom. The minimum absolute atomic E-state index is 0.220. The second kappa shape index (κ2) is 4.36. The molecule has 0 spiro atoms. The van der Waals surface area contributed by atoms with Gasteiger partial charge in [-0.25, -0.2) is 0 Å². The number of benzene rings is 1. The molecule has 15 heavy (non-hydrogen) atoms. The summed E-state index contributed by atoms with van der Waals surface area (Å²) in [6.45, 7) is 10.3. The van der Waals surface area contributed by atoms with Gasteiger partial charge in [0.2, 0.25) is 0 Å². The molecule has 1 nitrogen and oxygen atoms in total. The van der Waals surface area contributed by atoms with Crippen molar-refractivity contribution in [2.45, 2.75) is 46.1 Å². The van der Waals surface area contributed by atoms with Crippen LogP contribution in [0.15, 0.2) is 24.3 Å². The summed E-state index contributed by atoms with van der Waals surface area (Å²) in [7, 11) is 0. The summed E-state index contributed by atoms with van der Waals surface area (Å²) in [5, 5.41) is 10.5. The molecule has 0 amide bonds. The summed E-state index contributed by atoms with van der Waals surface area (Å²) in [4.78, 5) is 0. The van der Waals surface area contributed by atoms with E-state index in [-0.39, 0.29) is 5.92 Å². The molecule has 0 unspecified atom stereocenters. The van der Waals surface area contributed by atoms with Gasteiger partial charge in [0, 0.05) is 0 Å². The molecule has 0 aliphatic heterocycles. The van der Waals surface area contributed by atoms with Crippen LogP contribution < -0.4 is 0 Å². The Kier molecular flexibility index (Phi) is 3.56. The molecule has 0 aliphatic carbocycles. The van der Waals surface area contributed by atoms with Gasteiger partial charge in [-0.05, 0) is 29.9 Å². The summed E-state index contributed by atoms with van der Waals surface area (Å²) < 4.78 is 0. The van der Waals surface area contributed by atoms with Crippen molar-refractivity contribution in [3.05, 3.63) is 35.4 Å². The van der Waals surface area contributed by atoms with Crippen LogP contribution >= 0.6 is 0 Å². The predicted octanol–water partition coefficient (Wildman–Crippen LogP) is 3.67. The highest BCUT2D eigenvalue weighted by Crippen LogP contribution is 2.34. The predicted molar refractivity (Wildman–Crippen MR) is 64.9 cm³/mol. The Balaban J connectivity index is 3.24. The third kappa shape index (κ3) is 2.40. The average molecular weight is 206 g/mol. The van der Waals surface area contributed by atoms with E-state index < -0.39 is 5.60 Å². The largest absolute Gasteiger partial charge is 0.385 e. The van der Waals surface area contributed by atoms with E-state index >= 15 is 0 Å². The van der Waals surface area contributed by atoms with Gasteiger partial charge in [-0.2, -0.15) is 0 Å². The molecule has 0 heterocycles. The van der Waals surface area contributed by atoms with Crippen LogP contribution in [0.25, 0.3) is 0 Å². The third-order valence-electron chi connectivity index (χ3n) is 3.25. The van der Waals surface area contributed by atoms with Crippen LogP contribution in [0, 0.1) is 5.92 Å². The van der Waals surface area contributed by atoms with Crippen LogP contribution in [0.2, 0.25) is 0 Å². The molecule has 1 rings (SSSR count). The Morgan fingerprint density at radius 1 is 1.07 bits per heavy atom. The Hall–Kier alpha value is -0.820. The second-order valence-electron chi connectivity index (χ2n) is 5.04. The summed E-state index contributed by atoms with van der Waals surface area (Å²) in [5.41, 5.74) is 1.58. The molecule has 1 aromatic carbocycles. The molecule has 0 saturated carbocycles. The van der Waals surface area contributed by atoms with E-state index in [1.165, 1.54) is 5.56 Å². The molecule has 0 aliphatic rings. The van der Waals surface area contributed by atoms with Gasteiger partial charge in [0.15, 0.2) is 0 Å². The smallest absolute Gasteiger partial charge is 0.0894 e. The lowest BCUT2D eigenvalue weighted by Crippen LogP contribution is -2.29. The fraction of sp³-hybridized carbons (Fsp3) is 0.571. The Bertz CT molecular complexity index is 324. The average Bonchev–Trinajstić information content (AvgIpc) is 2.17. The first kappa shape index (κ1) is 12.3. The van der Waals surface area contributed by atoms with E-state index in [2.05, 4.69) is 33.8 Å². The fourth-order valence-electron chi connectivity index (χ4n) is 1.77. The molecule has 0 saturated heterocycles. The molecular weight excluding hydrogens is 184 g/mol. The maximum Gasteiger partial charge on any atom is 0.0894 e. The summed E-state index contributed by atoms with van der Waals surface area (Å²) >= 11 is 0. The molecule has 0 fully saturated rings. The minimum Gasteiger partial charge on any atom is -0.385 e. The number of hydrogen-bond donors (Lipinski definition) is 1. The number of aliphatic hydroxyl groups is 1. The zero-order valence-electron chi connectivity index (χ0n) is 10.4. The SMILES string of the molecule is CC(C)c1ccccc1[C@@](C)(O)C(C)C. The van der Waals surface area contributed by atoms with E-state index in [1.54, 1.807) is 0 Å². The van der Waals surface area contributed by atoms with Crippen LogP contribution in [0.1, 0.15) is 51.7 Å². The summed E-state index contributed by atoms with van der Waals surface area (Å²) in [5.74, 6) is 0.670. The highest BCUT2D eigenvalue weighted by atomic mass is 16.3. The third-order valence-corrected chi connectivity index (χ3v) is 3.25. The summed E-state index contributed by atoms with van der Waals surface area (Å²) in [6, 6.07) is 8.18. The van der Waals surface area contributed by atoms with Gasteiger partial charge in [-0.3, -0.25) is 0 Å². The standard InChI is InChI=1S/C14H22O/c1-10(2)12-8-6-7-9-13(12)14(5,15)11(3)4/h6-11,15H,1-5H3/t14-/m0/s1. The molecule has 1 heteroatoms. The van der Waals surface area contributed by atoms with Crippen molar-refractivity contribution in [2.75, 3.05) is 0 Å². The van der Waals surface area contributed by atoms with Crippen molar-refractivity contribution in [2.24, 2.45) is 5.92 Å². The Morgan fingerprint density at radius 3 is 2.07 bits per heavy atom. The first-order chi connectivity index (χ1) is 6.87. The van der Waals surface area contributed by atoms with Crippen molar-refractivity contribution in [1.29, 1.82) is 0 Å². The van der Waals surface area contributed by atoms with Crippen molar-refractivity contribution in [3.63, 3.8) is 0 Å². The van der Waals surface area contributed by atoms with Crippen LogP contribution in [0.5, 0.6) is 0 Å². The van der Waals surface area contributed by atoms with Gasteiger partial charge in [0.25, 0.3) is 0 Å². The zero-order chi connectivity index (χ0) is 11.6.